The summed E-state index contributed by atoms with van der Waals surface area (Å²) in [5.41, 5.74) is 1.55. The monoisotopic (exact) mass is 293 g/mol. The van der Waals surface area contributed by atoms with E-state index in [4.69, 9.17) is 5.26 Å². The van der Waals surface area contributed by atoms with Gasteiger partial charge in [0.1, 0.15) is 0 Å². The van der Waals surface area contributed by atoms with Crippen LogP contribution >= 0.6 is 0 Å². The average molecular weight is 293 g/mol. The lowest BCUT2D eigenvalue weighted by molar-refractivity contribution is 0.103. The molecule has 5 nitrogen and oxygen atoms in total. The van der Waals surface area contributed by atoms with E-state index in [0.717, 1.165) is 0 Å². The minimum atomic E-state index is -0.269. The maximum absolute atomic E-state index is 12.6. The van der Waals surface area contributed by atoms with Gasteiger partial charge in [-0.25, -0.2) is 0 Å². The molecule has 2 aromatic rings. The molecule has 0 aliphatic carbocycles. The number of carbonyl (C=O) groups excluding carboxylic acids is 1. The fourth-order valence-corrected chi connectivity index (χ4v) is 1.90. The summed E-state index contributed by atoms with van der Waals surface area (Å²) in [5.74, 6) is -0.209. The zero-order valence-corrected chi connectivity index (χ0v) is 12.3. The van der Waals surface area contributed by atoms with Crippen LogP contribution in [-0.4, -0.2) is 29.8 Å². The number of ketones is 1. The lowest BCUT2D eigenvalue weighted by atomic mass is 10.0. The summed E-state index contributed by atoms with van der Waals surface area (Å²) in [6.45, 7) is 0. The van der Waals surface area contributed by atoms with Crippen LogP contribution in [0.15, 0.2) is 47.4 Å². The van der Waals surface area contributed by atoms with Crippen LogP contribution in [-0.2, 0) is 0 Å². The molecule has 0 aliphatic heterocycles. The standard InChI is InChI=1S/C17H15N3O2/c1-20(2)10-9-15-14(7-8-16(21)19-15)17(22)13-5-3-12(11-18)4-6-13/h3-10H,1-2H3,(H,19,21)/b10-9+. The summed E-state index contributed by atoms with van der Waals surface area (Å²) in [7, 11) is 3.69. The highest BCUT2D eigenvalue weighted by molar-refractivity contribution is 6.10. The Balaban J connectivity index is 2.44. The third-order valence-electron chi connectivity index (χ3n) is 3.01. The molecule has 1 aromatic heterocycles. The number of nitrogens with zero attached hydrogens (tertiary/aromatic N) is 2. The summed E-state index contributed by atoms with van der Waals surface area (Å²) >= 11 is 0. The summed E-state index contributed by atoms with van der Waals surface area (Å²) in [4.78, 5) is 28.5. The Morgan fingerprint density at radius 2 is 1.86 bits per heavy atom. The minimum Gasteiger partial charge on any atom is -0.383 e. The molecule has 0 unspecified atom stereocenters. The fraction of sp³-hybridized carbons (Fsp3) is 0.118. The Morgan fingerprint density at radius 3 is 2.45 bits per heavy atom. The number of hydrogen-bond acceptors (Lipinski definition) is 4. The minimum absolute atomic E-state index is 0.209. The number of pyridine rings is 1. The molecule has 22 heavy (non-hydrogen) atoms. The van der Waals surface area contributed by atoms with E-state index in [1.807, 2.05) is 20.2 Å². The summed E-state index contributed by atoms with van der Waals surface area (Å²) in [6, 6.07) is 11.2. The first kappa shape index (κ1) is 15.3. The van der Waals surface area contributed by atoms with Gasteiger partial charge in [-0.15, -0.1) is 0 Å². The van der Waals surface area contributed by atoms with Gasteiger partial charge in [-0.2, -0.15) is 5.26 Å². The van der Waals surface area contributed by atoms with Crippen molar-refractivity contribution in [3.05, 3.63) is 75.3 Å². The van der Waals surface area contributed by atoms with Gasteiger partial charge in [-0.1, -0.05) is 0 Å². The molecular weight excluding hydrogens is 278 g/mol. The smallest absolute Gasteiger partial charge is 0.248 e. The summed E-state index contributed by atoms with van der Waals surface area (Å²) in [6.07, 6.45) is 3.43. The Labute approximate surface area is 128 Å². The Morgan fingerprint density at radius 1 is 1.18 bits per heavy atom. The topological polar surface area (TPSA) is 77.0 Å². The van der Waals surface area contributed by atoms with Crippen molar-refractivity contribution in [2.45, 2.75) is 0 Å². The number of aromatic nitrogens is 1. The highest BCUT2D eigenvalue weighted by atomic mass is 16.1. The second-order valence-electron chi connectivity index (χ2n) is 4.95. The second kappa shape index (κ2) is 6.55. The van der Waals surface area contributed by atoms with Crippen molar-refractivity contribution in [1.82, 2.24) is 9.88 Å². The molecule has 5 heteroatoms. The first-order chi connectivity index (χ1) is 10.5. The molecule has 0 aliphatic rings. The predicted molar refractivity (Wildman–Crippen MR) is 84.4 cm³/mol. The molecule has 0 radical (unpaired) electrons. The van der Waals surface area contributed by atoms with E-state index in [0.29, 0.717) is 22.4 Å². The quantitative estimate of drug-likeness (QED) is 0.875. The van der Waals surface area contributed by atoms with Crippen LogP contribution in [0.1, 0.15) is 27.2 Å². The van der Waals surface area contributed by atoms with E-state index in [9.17, 15) is 9.59 Å². The molecule has 0 atom stereocenters. The third-order valence-corrected chi connectivity index (χ3v) is 3.01. The highest BCUT2D eigenvalue weighted by Crippen LogP contribution is 2.14. The van der Waals surface area contributed by atoms with Gasteiger partial charge in [0.05, 0.1) is 17.3 Å². The molecule has 0 amide bonds. The van der Waals surface area contributed by atoms with Gasteiger partial charge in [0.2, 0.25) is 5.56 Å². The van der Waals surface area contributed by atoms with Crippen LogP contribution in [0.5, 0.6) is 0 Å². The Bertz CT molecular complexity index is 809. The van der Waals surface area contributed by atoms with Gasteiger partial charge in [0.15, 0.2) is 5.78 Å². The molecule has 1 aromatic carbocycles. The molecular formula is C17H15N3O2. The third kappa shape index (κ3) is 3.49. The van der Waals surface area contributed by atoms with E-state index in [2.05, 4.69) is 4.98 Å². The SMILES string of the molecule is CN(C)/C=C/c1[nH]c(=O)ccc1C(=O)c1ccc(C#N)cc1. The highest BCUT2D eigenvalue weighted by Gasteiger charge is 2.13. The maximum Gasteiger partial charge on any atom is 0.248 e. The largest absolute Gasteiger partial charge is 0.383 e. The first-order valence-electron chi connectivity index (χ1n) is 6.64. The molecule has 1 N–H and O–H groups in total. The van der Waals surface area contributed by atoms with Gasteiger partial charge in [-0.05, 0) is 36.4 Å². The van der Waals surface area contributed by atoms with E-state index >= 15 is 0 Å². The van der Waals surface area contributed by atoms with Crippen molar-refractivity contribution < 1.29 is 4.79 Å². The zero-order chi connectivity index (χ0) is 16.1. The van der Waals surface area contributed by atoms with Crippen LogP contribution in [0.4, 0.5) is 0 Å². The predicted octanol–water partition coefficient (Wildman–Crippen LogP) is 2.01. The maximum atomic E-state index is 12.6. The molecule has 1 heterocycles. The normalized spacial score (nSPS) is 10.4. The van der Waals surface area contributed by atoms with Crippen LogP contribution < -0.4 is 5.56 Å². The Hall–Kier alpha value is -3.13. The Kier molecular flexibility index (Phi) is 4.54. The van der Waals surface area contributed by atoms with Gasteiger partial charge in [0, 0.05) is 37.5 Å². The van der Waals surface area contributed by atoms with Crippen molar-refractivity contribution in [1.29, 1.82) is 5.26 Å². The van der Waals surface area contributed by atoms with Crippen LogP contribution in [0, 0.1) is 11.3 Å². The molecule has 0 saturated heterocycles. The molecule has 0 fully saturated rings. The van der Waals surface area contributed by atoms with Gasteiger partial charge in [0.25, 0.3) is 0 Å². The van der Waals surface area contributed by atoms with Crippen molar-refractivity contribution in [2.75, 3.05) is 14.1 Å². The number of aromatic amines is 1. The van der Waals surface area contributed by atoms with Crippen LogP contribution in [0.25, 0.3) is 6.08 Å². The number of rotatable bonds is 4. The van der Waals surface area contributed by atoms with Crippen molar-refractivity contribution in [3.63, 3.8) is 0 Å². The van der Waals surface area contributed by atoms with E-state index in [1.54, 1.807) is 41.4 Å². The van der Waals surface area contributed by atoms with E-state index in [-0.39, 0.29) is 11.3 Å². The van der Waals surface area contributed by atoms with Gasteiger partial charge >= 0.3 is 0 Å². The van der Waals surface area contributed by atoms with E-state index < -0.39 is 0 Å². The zero-order valence-electron chi connectivity index (χ0n) is 12.3. The van der Waals surface area contributed by atoms with E-state index in [1.165, 1.54) is 12.1 Å². The second-order valence-corrected chi connectivity index (χ2v) is 4.95. The van der Waals surface area contributed by atoms with Crippen LogP contribution in [0.2, 0.25) is 0 Å². The lowest BCUT2D eigenvalue weighted by Crippen LogP contribution is -2.12. The number of H-pyrrole nitrogens is 1. The number of nitriles is 1. The van der Waals surface area contributed by atoms with Crippen LogP contribution in [0.3, 0.4) is 0 Å². The molecule has 0 spiro atoms. The number of benzene rings is 1. The first-order valence-corrected chi connectivity index (χ1v) is 6.64. The number of carbonyl (C=O) groups is 1. The lowest BCUT2D eigenvalue weighted by Gasteiger charge is -2.07. The van der Waals surface area contributed by atoms with Crippen molar-refractivity contribution in [3.8, 4) is 6.07 Å². The number of nitrogens with one attached hydrogen (secondary N) is 1. The molecule has 110 valence electrons. The van der Waals surface area contributed by atoms with Gasteiger partial charge in [-0.3, -0.25) is 9.59 Å². The molecule has 0 saturated carbocycles. The van der Waals surface area contributed by atoms with Crippen molar-refractivity contribution >= 4 is 11.9 Å². The summed E-state index contributed by atoms with van der Waals surface area (Å²) < 4.78 is 0. The number of hydrogen-bond donors (Lipinski definition) is 1. The average Bonchev–Trinajstić information content (AvgIpc) is 2.52. The molecule has 2 rings (SSSR count). The fourth-order valence-electron chi connectivity index (χ4n) is 1.90. The summed E-state index contributed by atoms with van der Waals surface area (Å²) in [5, 5.41) is 8.79. The van der Waals surface area contributed by atoms with Gasteiger partial charge < -0.3 is 9.88 Å². The molecule has 0 bridgehead atoms. The van der Waals surface area contributed by atoms with Crippen molar-refractivity contribution in [2.24, 2.45) is 0 Å².